The molecule has 0 saturated heterocycles. The minimum atomic E-state index is -0.0521. The Morgan fingerprint density at radius 2 is 2.36 bits per heavy atom. The van der Waals surface area contributed by atoms with Gasteiger partial charge in [-0.15, -0.1) is 0 Å². The van der Waals surface area contributed by atoms with Gasteiger partial charge < -0.3 is 10.5 Å². The summed E-state index contributed by atoms with van der Waals surface area (Å²) in [5.41, 5.74) is 5.37. The van der Waals surface area contributed by atoms with Crippen LogP contribution in [0.25, 0.3) is 0 Å². The van der Waals surface area contributed by atoms with Crippen LogP contribution in [0.1, 0.15) is 26.2 Å². The summed E-state index contributed by atoms with van der Waals surface area (Å²) in [6.07, 6.45) is 3.88. The van der Waals surface area contributed by atoms with Crippen molar-refractivity contribution >= 4 is 17.2 Å². The monoisotopic (exact) mass is 173 g/mol. The number of hydrogen-bond acceptors (Lipinski definition) is 2. The number of hydrogen-bond donors (Lipinski definition) is 1. The quantitative estimate of drug-likeness (QED) is 0.640. The summed E-state index contributed by atoms with van der Waals surface area (Å²) in [6.45, 7) is 2.71. The van der Waals surface area contributed by atoms with Crippen LogP contribution in [0, 0.1) is 5.92 Å². The molecule has 1 saturated carbocycles. The number of rotatable bonds is 5. The zero-order chi connectivity index (χ0) is 8.27. The van der Waals surface area contributed by atoms with Gasteiger partial charge in [-0.1, -0.05) is 25.1 Å². The van der Waals surface area contributed by atoms with Crippen LogP contribution in [-0.4, -0.2) is 17.7 Å². The molecular weight excluding hydrogens is 158 g/mol. The fourth-order valence-corrected chi connectivity index (χ4v) is 0.968. The fourth-order valence-electron chi connectivity index (χ4n) is 0.900. The lowest BCUT2D eigenvalue weighted by molar-refractivity contribution is 0.105. The van der Waals surface area contributed by atoms with Crippen LogP contribution >= 0.6 is 12.2 Å². The summed E-state index contributed by atoms with van der Waals surface area (Å²) in [4.78, 5) is 0.459. The maximum Gasteiger partial charge on any atom is 0.104 e. The lowest BCUT2D eigenvalue weighted by Crippen LogP contribution is -2.26. The van der Waals surface area contributed by atoms with E-state index in [4.69, 9.17) is 22.7 Å². The highest BCUT2D eigenvalue weighted by Crippen LogP contribution is 2.32. The zero-order valence-corrected chi connectivity index (χ0v) is 7.69. The fraction of sp³-hybridized carbons (Fsp3) is 0.875. The van der Waals surface area contributed by atoms with Crippen molar-refractivity contribution in [2.24, 2.45) is 11.7 Å². The largest absolute Gasteiger partial charge is 0.391 e. The number of nitrogens with two attached hydrogens (primary N) is 1. The van der Waals surface area contributed by atoms with Gasteiger partial charge in [-0.2, -0.15) is 0 Å². The molecular formula is C8H15NOS. The van der Waals surface area contributed by atoms with Crippen LogP contribution in [0.15, 0.2) is 0 Å². The minimum absolute atomic E-state index is 0.0521. The average molecular weight is 173 g/mol. The third-order valence-electron chi connectivity index (χ3n) is 1.99. The van der Waals surface area contributed by atoms with E-state index in [2.05, 4.69) is 0 Å². The second-order valence-electron chi connectivity index (χ2n) is 3.15. The van der Waals surface area contributed by atoms with E-state index in [1.807, 2.05) is 6.92 Å². The molecule has 0 amide bonds. The van der Waals surface area contributed by atoms with Crippen LogP contribution in [0.2, 0.25) is 0 Å². The van der Waals surface area contributed by atoms with E-state index in [9.17, 15) is 0 Å². The van der Waals surface area contributed by atoms with E-state index in [0.717, 1.165) is 12.5 Å². The predicted octanol–water partition coefficient (Wildman–Crippen LogP) is 1.48. The lowest BCUT2D eigenvalue weighted by Gasteiger charge is -2.10. The van der Waals surface area contributed by atoms with Crippen molar-refractivity contribution in [3.05, 3.63) is 0 Å². The van der Waals surface area contributed by atoms with Gasteiger partial charge >= 0.3 is 0 Å². The summed E-state index contributed by atoms with van der Waals surface area (Å²) in [7, 11) is 0. The van der Waals surface area contributed by atoms with Crippen LogP contribution in [0.5, 0.6) is 0 Å². The zero-order valence-electron chi connectivity index (χ0n) is 6.88. The van der Waals surface area contributed by atoms with Crippen molar-refractivity contribution in [1.82, 2.24) is 0 Å². The first kappa shape index (κ1) is 8.94. The molecule has 1 atom stereocenters. The third kappa shape index (κ3) is 3.68. The molecule has 1 aliphatic rings. The SMILES string of the molecule is CC(OCCC1CC1)C(N)=S. The Kier molecular flexibility index (Phi) is 3.27. The van der Waals surface area contributed by atoms with E-state index in [1.165, 1.54) is 19.3 Å². The molecule has 64 valence electrons. The van der Waals surface area contributed by atoms with Crippen molar-refractivity contribution in [3.63, 3.8) is 0 Å². The van der Waals surface area contributed by atoms with Crippen LogP contribution in [0.3, 0.4) is 0 Å². The molecule has 0 bridgehead atoms. The second kappa shape index (κ2) is 4.02. The molecule has 0 radical (unpaired) electrons. The highest BCUT2D eigenvalue weighted by molar-refractivity contribution is 7.80. The van der Waals surface area contributed by atoms with E-state index in [-0.39, 0.29) is 6.10 Å². The lowest BCUT2D eigenvalue weighted by atomic mass is 10.3. The van der Waals surface area contributed by atoms with Gasteiger partial charge in [-0.05, 0) is 19.3 Å². The third-order valence-corrected chi connectivity index (χ3v) is 2.32. The maximum absolute atomic E-state index is 5.39. The van der Waals surface area contributed by atoms with E-state index in [1.54, 1.807) is 0 Å². The van der Waals surface area contributed by atoms with Gasteiger partial charge in [0.05, 0.1) is 0 Å². The molecule has 0 spiro atoms. The average Bonchev–Trinajstić information content (AvgIpc) is 2.71. The highest BCUT2D eigenvalue weighted by Gasteiger charge is 2.20. The Bertz CT molecular complexity index is 145. The Morgan fingerprint density at radius 1 is 1.73 bits per heavy atom. The second-order valence-corrected chi connectivity index (χ2v) is 3.62. The van der Waals surface area contributed by atoms with Gasteiger partial charge in [-0.3, -0.25) is 0 Å². The van der Waals surface area contributed by atoms with Crippen LogP contribution in [-0.2, 0) is 4.74 Å². The topological polar surface area (TPSA) is 35.2 Å². The number of ether oxygens (including phenoxy) is 1. The first-order chi connectivity index (χ1) is 5.20. The normalized spacial score (nSPS) is 19.7. The summed E-state index contributed by atoms with van der Waals surface area (Å²) < 4.78 is 5.39. The van der Waals surface area contributed by atoms with E-state index >= 15 is 0 Å². The van der Waals surface area contributed by atoms with Crippen LogP contribution in [0.4, 0.5) is 0 Å². The molecule has 2 nitrogen and oxygen atoms in total. The van der Waals surface area contributed by atoms with Crippen molar-refractivity contribution in [3.8, 4) is 0 Å². The minimum Gasteiger partial charge on any atom is -0.391 e. The Balaban J connectivity index is 1.96. The molecule has 3 heteroatoms. The molecule has 0 aromatic carbocycles. The Labute approximate surface area is 73.1 Å². The summed E-state index contributed by atoms with van der Waals surface area (Å²) in [6, 6.07) is 0. The summed E-state index contributed by atoms with van der Waals surface area (Å²) in [5.74, 6) is 0.925. The molecule has 1 aliphatic carbocycles. The summed E-state index contributed by atoms with van der Waals surface area (Å²) >= 11 is 4.77. The molecule has 1 rings (SSSR count). The molecule has 0 aliphatic heterocycles. The van der Waals surface area contributed by atoms with Gasteiger partial charge in [-0.25, -0.2) is 0 Å². The van der Waals surface area contributed by atoms with Crippen molar-refractivity contribution < 1.29 is 4.74 Å². The van der Waals surface area contributed by atoms with Crippen molar-refractivity contribution in [1.29, 1.82) is 0 Å². The highest BCUT2D eigenvalue weighted by atomic mass is 32.1. The first-order valence-electron chi connectivity index (χ1n) is 4.11. The van der Waals surface area contributed by atoms with Crippen molar-refractivity contribution in [2.45, 2.75) is 32.3 Å². The smallest absolute Gasteiger partial charge is 0.104 e. The van der Waals surface area contributed by atoms with Crippen LogP contribution < -0.4 is 5.73 Å². The molecule has 0 heterocycles. The van der Waals surface area contributed by atoms with Gasteiger partial charge in [0.2, 0.25) is 0 Å². The molecule has 0 aromatic heterocycles. The maximum atomic E-state index is 5.39. The first-order valence-corrected chi connectivity index (χ1v) is 4.52. The molecule has 2 N–H and O–H groups in total. The molecule has 1 fully saturated rings. The summed E-state index contributed by atoms with van der Waals surface area (Å²) in [5, 5.41) is 0. The number of thiocarbonyl (C=S) groups is 1. The van der Waals surface area contributed by atoms with Gasteiger partial charge in [0.25, 0.3) is 0 Å². The Morgan fingerprint density at radius 3 is 2.82 bits per heavy atom. The van der Waals surface area contributed by atoms with Gasteiger partial charge in [0.15, 0.2) is 0 Å². The Hall–Kier alpha value is -0.150. The molecule has 1 unspecified atom stereocenters. The molecule has 0 aromatic rings. The standard InChI is InChI=1S/C8H15NOS/c1-6(8(9)11)10-5-4-7-2-3-7/h6-7H,2-5H2,1H3,(H2,9,11). The van der Waals surface area contributed by atoms with Gasteiger partial charge in [0.1, 0.15) is 11.1 Å². The van der Waals surface area contributed by atoms with E-state index < -0.39 is 0 Å². The molecule has 11 heavy (non-hydrogen) atoms. The van der Waals surface area contributed by atoms with Gasteiger partial charge in [0, 0.05) is 6.61 Å². The van der Waals surface area contributed by atoms with Crippen molar-refractivity contribution in [2.75, 3.05) is 6.61 Å². The predicted molar refractivity (Wildman–Crippen MR) is 49.5 cm³/mol. The van der Waals surface area contributed by atoms with E-state index in [0.29, 0.717) is 4.99 Å².